The van der Waals surface area contributed by atoms with Crippen LogP contribution in [0.4, 0.5) is 11.4 Å². The minimum Gasteiger partial charge on any atom is -0.487 e. The highest BCUT2D eigenvalue weighted by Crippen LogP contribution is 2.35. The molecule has 0 fully saturated rings. The number of nitro groups is 1. The van der Waals surface area contributed by atoms with Crippen LogP contribution in [0, 0.1) is 10.1 Å². The Bertz CT molecular complexity index is 460. The number of nitro benzene ring substituents is 1. The van der Waals surface area contributed by atoms with E-state index in [1.807, 2.05) is 20.8 Å². The molecule has 20 heavy (non-hydrogen) atoms. The summed E-state index contributed by atoms with van der Waals surface area (Å²) in [6.45, 7) is 9.02. The first-order valence-corrected chi connectivity index (χ1v) is 6.69. The summed E-state index contributed by atoms with van der Waals surface area (Å²) in [7, 11) is 0. The Hall–Kier alpha value is -1.82. The van der Waals surface area contributed by atoms with Crippen LogP contribution in [0.3, 0.4) is 0 Å². The monoisotopic (exact) mass is 282 g/mol. The fourth-order valence-corrected chi connectivity index (χ4v) is 1.88. The van der Waals surface area contributed by atoms with Crippen molar-refractivity contribution in [1.82, 2.24) is 0 Å². The van der Waals surface area contributed by atoms with Crippen LogP contribution in [0.25, 0.3) is 0 Å². The molecule has 0 aromatic heterocycles. The van der Waals surface area contributed by atoms with Gasteiger partial charge in [-0.3, -0.25) is 10.1 Å². The van der Waals surface area contributed by atoms with Crippen LogP contribution in [-0.4, -0.2) is 30.3 Å². The molecular weight excluding hydrogens is 260 g/mol. The summed E-state index contributed by atoms with van der Waals surface area (Å²) in [5.74, 6) is 0.275. The molecule has 6 heteroatoms. The summed E-state index contributed by atoms with van der Waals surface area (Å²) in [5.41, 5.74) is -0.0000778. The van der Waals surface area contributed by atoms with E-state index in [-0.39, 0.29) is 11.4 Å². The van der Waals surface area contributed by atoms with Crippen molar-refractivity contribution in [3.63, 3.8) is 0 Å². The van der Waals surface area contributed by atoms with E-state index in [2.05, 4.69) is 5.32 Å². The zero-order valence-electron chi connectivity index (χ0n) is 12.4. The number of hydrogen-bond acceptors (Lipinski definition) is 5. The molecule has 0 heterocycles. The van der Waals surface area contributed by atoms with Crippen LogP contribution in [0.5, 0.6) is 5.75 Å². The molecule has 0 amide bonds. The van der Waals surface area contributed by atoms with Crippen molar-refractivity contribution in [2.24, 2.45) is 0 Å². The molecule has 0 unspecified atom stereocenters. The van der Waals surface area contributed by atoms with Crippen molar-refractivity contribution in [1.29, 1.82) is 0 Å². The van der Waals surface area contributed by atoms with E-state index in [1.165, 1.54) is 0 Å². The third-order valence-corrected chi connectivity index (χ3v) is 2.72. The Morgan fingerprint density at radius 2 is 2.00 bits per heavy atom. The lowest BCUT2D eigenvalue weighted by molar-refractivity contribution is -0.384. The first kappa shape index (κ1) is 16.2. The number of hydrogen-bond donors (Lipinski definition) is 1. The van der Waals surface area contributed by atoms with Crippen LogP contribution in [0.2, 0.25) is 0 Å². The minimum absolute atomic E-state index is 0.0401. The highest BCUT2D eigenvalue weighted by atomic mass is 16.6. The zero-order valence-corrected chi connectivity index (χ0v) is 12.4. The molecule has 0 aliphatic rings. The second kappa shape index (κ2) is 7.09. The van der Waals surface area contributed by atoms with Crippen molar-refractivity contribution in [3.8, 4) is 5.75 Å². The van der Waals surface area contributed by atoms with Crippen molar-refractivity contribution < 1.29 is 14.4 Å². The van der Waals surface area contributed by atoms with Crippen molar-refractivity contribution in [2.75, 3.05) is 25.1 Å². The Kier molecular flexibility index (Phi) is 5.76. The summed E-state index contributed by atoms with van der Waals surface area (Å²) in [5, 5.41) is 14.3. The van der Waals surface area contributed by atoms with E-state index >= 15 is 0 Å². The van der Waals surface area contributed by atoms with Crippen LogP contribution in [0.15, 0.2) is 18.2 Å². The van der Waals surface area contributed by atoms with Crippen LogP contribution < -0.4 is 10.1 Å². The fraction of sp³-hybridized carbons (Fsp3) is 0.571. The normalized spacial score (nSPS) is 11.2. The maximum absolute atomic E-state index is 11.2. The Morgan fingerprint density at radius 3 is 2.55 bits per heavy atom. The van der Waals surface area contributed by atoms with Crippen LogP contribution in [0.1, 0.15) is 27.7 Å². The zero-order chi connectivity index (χ0) is 15.2. The molecule has 0 aliphatic heterocycles. The molecule has 0 aliphatic carbocycles. The number of rotatable bonds is 8. The second-order valence-electron chi connectivity index (χ2n) is 4.89. The van der Waals surface area contributed by atoms with Gasteiger partial charge in [0, 0.05) is 13.2 Å². The van der Waals surface area contributed by atoms with Gasteiger partial charge in [0.05, 0.1) is 17.1 Å². The number of para-hydroxylation sites is 1. The van der Waals surface area contributed by atoms with Gasteiger partial charge >= 0.3 is 5.69 Å². The van der Waals surface area contributed by atoms with E-state index in [1.54, 1.807) is 25.1 Å². The predicted octanol–water partition coefficient (Wildman–Crippen LogP) is 3.22. The van der Waals surface area contributed by atoms with Gasteiger partial charge in [0.1, 0.15) is 5.69 Å². The van der Waals surface area contributed by atoms with E-state index in [0.717, 1.165) is 0 Å². The summed E-state index contributed by atoms with van der Waals surface area (Å²) < 4.78 is 10.9. The van der Waals surface area contributed by atoms with Gasteiger partial charge in [0.25, 0.3) is 0 Å². The molecule has 0 spiro atoms. The van der Waals surface area contributed by atoms with E-state index < -0.39 is 10.5 Å². The molecule has 1 aromatic rings. The fourth-order valence-electron chi connectivity index (χ4n) is 1.88. The Balaban J connectivity index is 2.94. The first-order valence-electron chi connectivity index (χ1n) is 6.69. The summed E-state index contributed by atoms with van der Waals surface area (Å²) in [6.07, 6.45) is 0. The van der Waals surface area contributed by atoms with Gasteiger partial charge in [-0.1, -0.05) is 6.07 Å². The maximum atomic E-state index is 11.2. The van der Waals surface area contributed by atoms with Gasteiger partial charge in [-0.2, -0.15) is 0 Å². The highest BCUT2D eigenvalue weighted by Gasteiger charge is 2.23. The van der Waals surface area contributed by atoms with E-state index in [9.17, 15) is 10.1 Å². The van der Waals surface area contributed by atoms with Crippen molar-refractivity contribution in [3.05, 3.63) is 28.3 Å². The largest absolute Gasteiger partial charge is 0.487 e. The molecule has 0 bridgehead atoms. The maximum Gasteiger partial charge on any atom is 0.333 e. The van der Waals surface area contributed by atoms with Crippen LogP contribution in [-0.2, 0) is 4.74 Å². The van der Waals surface area contributed by atoms with E-state index in [4.69, 9.17) is 9.47 Å². The smallest absolute Gasteiger partial charge is 0.333 e. The standard InChI is InChI=1S/C14H22N2O4/c1-5-19-12-9-7-8-11(13(12)16(17)18)15-10-14(3,4)20-6-2/h7-9,15H,5-6,10H2,1-4H3. The van der Waals surface area contributed by atoms with Crippen LogP contribution >= 0.6 is 0 Å². The lowest BCUT2D eigenvalue weighted by Gasteiger charge is -2.25. The summed E-state index contributed by atoms with van der Waals surface area (Å²) >= 11 is 0. The van der Waals surface area contributed by atoms with Gasteiger partial charge < -0.3 is 14.8 Å². The SMILES string of the molecule is CCOc1cccc(NCC(C)(C)OCC)c1[N+](=O)[O-]. The average molecular weight is 282 g/mol. The molecule has 0 saturated heterocycles. The van der Waals surface area contributed by atoms with Crippen molar-refractivity contribution >= 4 is 11.4 Å². The number of nitrogens with zero attached hydrogens (tertiary/aromatic N) is 1. The first-order chi connectivity index (χ1) is 9.41. The molecule has 0 saturated carbocycles. The van der Waals surface area contributed by atoms with E-state index in [0.29, 0.717) is 25.4 Å². The minimum atomic E-state index is -0.430. The third-order valence-electron chi connectivity index (χ3n) is 2.72. The van der Waals surface area contributed by atoms with Gasteiger partial charge in [-0.05, 0) is 39.8 Å². The lowest BCUT2D eigenvalue weighted by atomic mass is 10.1. The number of anilines is 1. The van der Waals surface area contributed by atoms with Gasteiger partial charge in [0.2, 0.25) is 0 Å². The highest BCUT2D eigenvalue weighted by molar-refractivity contribution is 5.68. The predicted molar refractivity (Wildman–Crippen MR) is 78.5 cm³/mol. The van der Waals surface area contributed by atoms with Crippen molar-refractivity contribution in [2.45, 2.75) is 33.3 Å². The molecular formula is C14H22N2O4. The summed E-state index contributed by atoms with van der Waals surface area (Å²) in [4.78, 5) is 10.8. The Labute approximate surface area is 119 Å². The number of nitrogens with one attached hydrogen (secondary N) is 1. The summed E-state index contributed by atoms with van der Waals surface area (Å²) in [6, 6.07) is 5.00. The molecule has 112 valence electrons. The number of ether oxygens (including phenoxy) is 2. The molecule has 6 nitrogen and oxygen atoms in total. The van der Waals surface area contributed by atoms with Gasteiger partial charge in [0.15, 0.2) is 5.75 Å². The molecule has 1 N–H and O–H groups in total. The molecule has 0 atom stereocenters. The van der Waals surface area contributed by atoms with Gasteiger partial charge in [-0.15, -0.1) is 0 Å². The topological polar surface area (TPSA) is 73.6 Å². The third kappa shape index (κ3) is 4.38. The Morgan fingerprint density at radius 1 is 1.30 bits per heavy atom. The molecule has 1 rings (SSSR count). The van der Waals surface area contributed by atoms with Gasteiger partial charge in [-0.25, -0.2) is 0 Å². The average Bonchev–Trinajstić information content (AvgIpc) is 2.36. The molecule has 0 radical (unpaired) electrons. The quantitative estimate of drug-likeness (QED) is 0.585. The number of benzene rings is 1. The molecule has 1 aromatic carbocycles. The lowest BCUT2D eigenvalue weighted by Crippen LogP contribution is -2.33. The second-order valence-corrected chi connectivity index (χ2v) is 4.89.